The van der Waals surface area contributed by atoms with Crippen molar-refractivity contribution in [2.45, 2.75) is 38.3 Å². The molecule has 10 heteroatoms. The third kappa shape index (κ3) is 4.20. The monoisotopic (exact) mass is 364 g/mol. The molecule has 0 saturated heterocycles. The summed E-state index contributed by atoms with van der Waals surface area (Å²) >= 11 is 1.52. The van der Waals surface area contributed by atoms with Gasteiger partial charge in [0.1, 0.15) is 0 Å². The Labute approximate surface area is 148 Å². The Kier molecular flexibility index (Phi) is 5.39. The van der Waals surface area contributed by atoms with Gasteiger partial charge in [-0.2, -0.15) is 15.4 Å². The molecule has 2 aromatic rings. The Morgan fingerprint density at radius 3 is 2.92 bits per heavy atom. The smallest absolute Gasteiger partial charge is 0.274 e. The molecule has 1 fully saturated rings. The van der Waals surface area contributed by atoms with E-state index in [4.69, 9.17) is 0 Å². The van der Waals surface area contributed by atoms with E-state index in [-0.39, 0.29) is 17.5 Å². The van der Waals surface area contributed by atoms with Crippen LogP contribution in [0.25, 0.3) is 0 Å². The van der Waals surface area contributed by atoms with Crippen LogP contribution >= 0.6 is 11.3 Å². The van der Waals surface area contributed by atoms with Crippen molar-refractivity contribution in [3.05, 3.63) is 28.0 Å². The lowest BCUT2D eigenvalue weighted by Gasteiger charge is -2.15. The molecule has 134 valence electrons. The molecule has 0 aliphatic heterocycles. The van der Waals surface area contributed by atoms with Gasteiger partial charge in [-0.3, -0.25) is 9.59 Å². The van der Waals surface area contributed by atoms with E-state index in [1.807, 2.05) is 5.38 Å². The standard InChI is InChI=1S/C15H20N6O3S/c1-8-13(20-21-19-8)15(24)18-11-4-9(5-12(11)22)14(23)16-3-2-10-6-25-7-17-10/h6-7,9,11-12,22H,2-5H2,1H3,(H,16,23)(H,18,24)(H,19,20,21)/t9-,11+,12+/m0/s1. The first kappa shape index (κ1) is 17.5. The molecule has 2 amide bonds. The maximum Gasteiger partial charge on any atom is 0.274 e. The zero-order chi connectivity index (χ0) is 17.8. The van der Waals surface area contributed by atoms with E-state index in [1.54, 1.807) is 12.4 Å². The Balaban J connectivity index is 1.48. The molecular weight excluding hydrogens is 344 g/mol. The summed E-state index contributed by atoms with van der Waals surface area (Å²) in [7, 11) is 0. The van der Waals surface area contributed by atoms with Crippen molar-refractivity contribution < 1.29 is 14.7 Å². The topological polar surface area (TPSA) is 133 Å². The van der Waals surface area contributed by atoms with Gasteiger partial charge in [-0.15, -0.1) is 11.3 Å². The van der Waals surface area contributed by atoms with E-state index in [0.29, 0.717) is 31.5 Å². The summed E-state index contributed by atoms with van der Waals surface area (Å²) in [5.74, 6) is -0.835. The van der Waals surface area contributed by atoms with Crippen molar-refractivity contribution in [3.8, 4) is 0 Å². The summed E-state index contributed by atoms with van der Waals surface area (Å²) in [5.41, 5.74) is 3.39. The largest absolute Gasteiger partial charge is 0.391 e. The van der Waals surface area contributed by atoms with E-state index < -0.39 is 18.1 Å². The highest BCUT2D eigenvalue weighted by Crippen LogP contribution is 2.26. The molecule has 25 heavy (non-hydrogen) atoms. The Morgan fingerprint density at radius 2 is 2.24 bits per heavy atom. The number of aliphatic hydroxyl groups excluding tert-OH is 1. The van der Waals surface area contributed by atoms with Crippen LogP contribution in [-0.4, -0.2) is 56.0 Å². The summed E-state index contributed by atoms with van der Waals surface area (Å²) in [6, 6.07) is -0.474. The first-order valence-electron chi connectivity index (χ1n) is 8.05. The molecular formula is C15H20N6O3S. The number of H-pyrrole nitrogens is 1. The molecule has 2 heterocycles. The van der Waals surface area contributed by atoms with Crippen LogP contribution in [0.4, 0.5) is 0 Å². The second kappa shape index (κ2) is 7.70. The van der Waals surface area contributed by atoms with Gasteiger partial charge in [0.25, 0.3) is 5.91 Å². The average molecular weight is 364 g/mol. The lowest BCUT2D eigenvalue weighted by atomic mass is 10.1. The first-order chi connectivity index (χ1) is 12.0. The summed E-state index contributed by atoms with van der Waals surface area (Å²) < 4.78 is 0. The average Bonchev–Trinajstić information content (AvgIpc) is 3.30. The number of aromatic amines is 1. The highest BCUT2D eigenvalue weighted by atomic mass is 32.1. The quantitative estimate of drug-likeness (QED) is 0.561. The lowest BCUT2D eigenvalue weighted by molar-refractivity contribution is -0.125. The number of aromatic nitrogens is 4. The maximum atomic E-state index is 12.3. The number of carbonyl (C=O) groups is 2. The number of thiazole rings is 1. The second-order valence-electron chi connectivity index (χ2n) is 6.09. The molecule has 9 nitrogen and oxygen atoms in total. The van der Waals surface area contributed by atoms with Crippen molar-refractivity contribution in [2.24, 2.45) is 5.92 Å². The minimum atomic E-state index is -0.759. The maximum absolute atomic E-state index is 12.3. The number of rotatable bonds is 6. The summed E-state index contributed by atoms with van der Waals surface area (Å²) in [4.78, 5) is 28.6. The molecule has 0 bridgehead atoms. The van der Waals surface area contributed by atoms with Crippen LogP contribution in [0.15, 0.2) is 10.9 Å². The van der Waals surface area contributed by atoms with Gasteiger partial charge in [0.05, 0.1) is 29.0 Å². The number of nitrogens with one attached hydrogen (secondary N) is 3. The first-order valence-corrected chi connectivity index (χ1v) is 9.00. The predicted octanol–water partition coefficient (Wildman–Crippen LogP) is -0.202. The minimum absolute atomic E-state index is 0.108. The van der Waals surface area contributed by atoms with Crippen LogP contribution in [0.5, 0.6) is 0 Å². The van der Waals surface area contributed by atoms with E-state index in [9.17, 15) is 14.7 Å². The molecule has 0 aromatic carbocycles. The molecule has 0 radical (unpaired) electrons. The molecule has 1 saturated carbocycles. The Hall–Kier alpha value is -2.33. The van der Waals surface area contributed by atoms with Gasteiger partial charge in [0.15, 0.2) is 5.69 Å². The molecule has 1 aliphatic rings. The number of carbonyl (C=O) groups excluding carboxylic acids is 2. The number of hydrogen-bond donors (Lipinski definition) is 4. The fourth-order valence-electron chi connectivity index (χ4n) is 2.94. The number of amides is 2. The van der Waals surface area contributed by atoms with Crippen LogP contribution < -0.4 is 10.6 Å². The van der Waals surface area contributed by atoms with Crippen LogP contribution in [-0.2, 0) is 11.2 Å². The normalized spacial score (nSPS) is 22.7. The van der Waals surface area contributed by atoms with Gasteiger partial charge in [-0.05, 0) is 19.8 Å². The third-order valence-electron chi connectivity index (χ3n) is 4.32. The van der Waals surface area contributed by atoms with E-state index >= 15 is 0 Å². The molecule has 3 atom stereocenters. The van der Waals surface area contributed by atoms with Crippen molar-refractivity contribution >= 4 is 23.2 Å². The zero-order valence-corrected chi connectivity index (χ0v) is 14.5. The van der Waals surface area contributed by atoms with Crippen molar-refractivity contribution in [3.63, 3.8) is 0 Å². The van der Waals surface area contributed by atoms with E-state index in [1.165, 1.54) is 11.3 Å². The van der Waals surface area contributed by atoms with Crippen LogP contribution in [0.1, 0.15) is 34.7 Å². The second-order valence-corrected chi connectivity index (χ2v) is 6.81. The lowest BCUT2D eigenvalue weighted by Crippen LogP contribution is -2.40. The number of hydrogen-bond acceptors (Lipinski definition) is 7. The van der Waals surface area contributed by atoms with Crippen molar-refractivity contribution in [2.75, 3.05) is 6.54 Å². The fraction of sp³-hybridized carbons (Fsp3) is 0.533. The molecule has 0 unspecified atom stereocenters. The Bertz CT molecular complexity index is 731. The zero-order valence-electron chi connectivity index (χ0n) is 13.7. The van der Waals surface area contributed by atoms with Crippen LogP contribution in [0.2, 0.25) is 0 Å². The summed E-state index contributed by atoms with van der Waals surface area (Å²) in [6.07, 6.45) is 0.638. The van der Waals surface area contributed by atoms with E-state index in [2.05, 4.69) is 31.0 Å². The number of nitrogens with zero attached hydrogens (tertiary/aromatic N) is 3. The third-order valence-corrected chi connectivity index (χ3v) is 4.95. The van der Waals surface area contributed by atoms with Gasteiger partial charge >= 0.3 is 0 Å². The molecule has 0 spiro atoms. The van der Waals surface area contributed by atoms with Crippen LogP contribution in [0, 0.1) is 12.8 Å². The van der Waals surface area contributed by atoms with Gasteiger partial charge in [0, 0.05) is 24.3 Å². The molecule has 3 rings (SSSR count). The Morgan fingerprint density at radius 1 is 1.40 bits per heavy atom. The predicted molar refractivity (Wildman–Crippen MR) is 89.9 cm³/mol. The fourth-order valence-corrected chi connectivity index (χ4v) is 3.53. The highest BCUT2D eigenvalue weighted by Gasteiger charge is 2.38. The summed E-state index contributed by atoms with van der Waals surface area (Å²) in [5, 5.41) is 27.7. The molecule has 1 aliphatic carbocycles. The van der Waals surface area contributed by atoms with Crippen molar-refractivity contribution in [1.29, 1.82) is 0 Å². The SMILES string of the molecule is Cc1n[nH]nc1C(=O)N[C@@H]1C[C@H](C(=O)NCCc2cscn2)C[C@H]1O. The van der Waals surface area contributed by atoms with Crippen LogP contribution in [0.3, 0.4) is 0 Å². The van der Waals surface area contributed by atoms with Gasteiger partial charge < -0.3 is 15.7 Å². The van der Waals surface area contributed by atoms with Gasteiger partial charge in [-0.1, -0.05) is 0 Å². The highest BCUT2D eigenvalue weighted by molar-refractivity contribution is 7.07. The number of aliphatic hydroxyl groups is 1. The van der Waals surface area contributed by atoms with Gasteiger partial charge in [0.2, 0.25) is 5.91 Å². The van der Waals surface area contributed by atoms with Crippen molar-refractivity contribution in [1.82, 2.24) is 31.0 Å². The molecule has 4 N–H and O–H groups in total. The van der Waals surface area contributed by atoms with E-state index in [0.717, 1.165) is 5.69 Å². The number of aryl methyl sites for hydroxylation is 1. The molecule has 2 aromatic heterocycles. The summed E-state index contributed by atoms with van der Waals surface area (Å²) in [6.45, 7) is 2.17. The minimum Gasteiger partial charge on any atom is -0.391 e. The van der Waals surface area contributed by atoms with Gasteiger partial charge in [-0.25, -0.2) is 4.98 Å².